The molecule has 38 heavy (non-hydrogen) atoms. The molecule has 4 aromatic rings. The van der Waals surface area contributed by atoms with Gasteiger partial charge < -0.3 is 19.4 Å². The molecule has 0 fully saturated rings. The number of carbonyl (C=O) groups is 1. The van der Waals surface area contributed by atoms with Gasteiger partial charge in [-0.2, -0.15) is 0 Å². The van der Waals surface area contributed by atoms with Crippen molar-refractivity contribution in [2.24, 2.45) is 5.16 Å². The van der Waals surface area contributed by atoms with Gasteiger partial charge in [-0.3, -0.25) is 9.36 Å². The highest BCUT2D eigenvalue weighted by Gasteiger charge is 2.18. The maximum absolute atomic E-state index is 12.8. The Bertz CT molecular complexity index is 1500. The summed E-state index contributed by atoms with van der Waals surface area (Å²) < 4.78 is 14.6. The van der Waals surface area contributed by atoms with E-state index >= 15 is 0 Å². The molecule has 10 heteroatoms. The van der Waals surface area contributed by atoms with Crippen LogP contribution in [0.1, 0.15) is 23.6 Å². The summed E-state index contributed by atoms with van der Waals surface area (Å²) in [6.07, 6.45) is -0.600. The normalized spacial score (nSPS) is 12.4. The first kappa shape index (κ1) is 27.6. The number of oxime groups is 1. The summed E-state index contributed by atoms with van der Waals surface area (Å²) >= 11 is 4.67. The van der Waals surface area contributed by atoms with Crippen LogP contribution in [0.4, 0.5) is 0 Å². The molecule has 4 rings (SSSR count). The Kier molecular flexibility index (Phi) is 9.33. The first-order valence-electron chi connectivity index (χ1n) is 12.0. The van der Waals surface area contributed by atoms with Crippen LogP contribution in [0.3, 0.4) is 0 Å². The summed E-state index contributed by atoms with van der Waals surface area (Å²) in [5.41, 5.74) is 4.07. The monoisotopic (exact) mass is 598 g/mol. The summed E-state index contributed by atoms with van der Waals surface area (Å²) in [7, 11) is 1.51. The zero-order valence-electron chi connectivity index (χ0n) is 20.9. The van der Waals surface area contributed by atoms with Crippen molar-refractivity contribution in [3.63, 3.8) is 0 Å². The molecule has 0 spiro atoms. The second-order valence-electron chi connectivity index (χ2n) is 8.31. The maximum Gasteiger partial charge on any atom is 0.333 e. The lowest BCUT2D eigenvalue weighted by Gasteiger charge is -2.13. The van der Waals surface area contributed by atoms with Gasteiger partial charge >= 0.3 is 10.8 Å². The van der Waals surface area contributed by atoms with Gasteiger partial charge in [0, 0.05) is 28.6 Å². The molecule has 1 unspecified atom stereocenters. The fourth-order valence-electron chi connectivity index (χ4n) is 4.03. The molecule has 0 saturated heterocycles. The van der Waals surface area contributed by atoms with Gasteiger partial charge in [-0.05, 0) is 48.9 Å². The smallest absolute Gasteiger partial charge is 0.333 e. The van der Waals surface area contributed by atoms with E-state index in [4.69, 9.17) is 14.3 Å². The first-order chi connectivity index (χ1) is 18.4. The standard InChI is InChI=1S/C28H27BrN2O6S/c1-3-36-24(27(32)33)15-18-7-10-22(11-8-18)37-14-13-31-23-12-9-20(17-25(23)38-28(31)34)26(30-35-2)19-5-4-6-21(29)16-19/h4-12,16-17,24H,3,13-15H2,1-2H3,(H,32,33)/b30-26+. The van der Waals surface area contributed by atoms with Gasteiger partial charge in [0.2, 0.25) is 0 Å². The minimum absolute atomic E-state index is 0.0700. The number of fused-ring (bicyclic) bond motifs is 1. The van der Waals surface area contributed by atoms with Crippen LogP contribution in [-0.4, -0.2) is 47.8 Å². The number of rotatable bonds is 12. The van der Waals surface area contributed by atoms with Crippen molar-refractivity contribution in [1.29, 1.82) is 0 Å². The Hall–Kier alpha value is -3.47. The van der Waals surface area contributed by atoms with Crippen LogP contribution in [0.15, 0.2) is 81.2 Å². The van der Waals surface area contributed by atoms with E-state index in [1.54, 1.807) is 23.6 Å². The number of ether oxygens (including phenoxy) is 2. The molecule has 1 aromatic heterocycles. The Morgan fingerprint density at radius 2 is 1.87 bits per heavy atom. The Morgan fingerprint density at radius 1 is 1.11 bits per heavy atom. The predicted octanol–water partition coefficient (Wildman–Crippen LogP) is 5.34. The van der Waals surface area contributed by atoms with E-state index in [0.717, 1.165) is 31.4 Å². The number of nitrogens with zero attached hydrogens (tertiary/aromatic N) is 2. The number of halogens is 1. The number of benzene rings is 3. The highest BCUT2D eigenvalue weighted by molar-refractivity contribution is 9.10. The first-order valence-corrected chi connectivity index (χ1v) is 13.6. The molecule has 0 bridgehead atoms. The van der Waals surface area contributed by atoms with Crippen molar-refractivity contribution < 1.29 is 24.2 Å². The topological polar surface area (TPSA) is 99.4 Å². The summed E-state index contributed by atoms with van der Waals surface area (Å²) in [5, 5.41) is 13.5. The Morgan fingerprint density at radius 3 is 2.55 bits per heavy atom. The second kappa shape index (κ2) is 12.9. The predicted molar refractivity (Wildman–Crippen MR) is 152 cm³/mol. The van der Waals surface area contributed by atoms with E-state index < -0.39 is 12.1 Å². The van der Waals surface area contributed by atoms with Crippen LogP contribution in [0, 0.1) is 0 Å². The molecular formula is C28H27BrN2O6S. The van der Waals surface area contributed by atoms with Crippen molar-refractivity contribution in [1.82, 2.24) is 4.57 Å². The SMILES string of the molecule is CCOC(Cc1ccc(OCCn2c(=O)sc3cc(/C(=N/OC)c4cccc(Br)c4)ccc32)cc1)C(=O)O. The molecule has 8 nitrogen and oxygen atoms in total. The molecule has 0 aliphatic rings. The summed E-state index contributed by atoms with van der Waals surface area (Å²) in [6, 6.07) is 20.8. The van der Waals surface area contributed by atoms with E-state index in [1.165, 1.54) is 18.4 Å². The molecule has 1 N–H and O–H groups in total. The fraction of sp³-hybridized carbons (Fsp3) is 0.250. The molecule has 3 aromatic carbocycles. The molecule has 0 aliphatic carbocycles. The average Bonchev–Trinajstić information content (AvgIpc) is 3.22. The third-order valence-corrected chi connectivity index (χ3v) is 7.23. The van der Waals surface area contributed by atoms with Gasteiger partial charge in [0.25, 0.3) is 0 Å². The molecule has 0 saturated carbocycles. The Balaban J connectivity index is 1.45. The minimum atomic E-state index is -0.983. The second-order valence-corrected chi connectivity index (χ2v) is 10.2. The van der Waals surface area contributed by atoms with Crippen LogP contribution in [0.2, 0.25) is 0 Å². The van der Waals surface area contributed by atoms with Gasteiger partial charge in [0.1, 0.15) is 25.2 Å². The average molecular weight is 600 g/mol. The molecule has 198 valence electrons. The molecule has 1 atom stereocenters. The molecule has 0 amide bonds. The molecule has 1 heterocycles. The third-order valence-electron chi connectivity index (χ3n) is 5.79. The number of hydrogen-bond acceptors (Lipinski definition) is 7. The van der Waals surface area contributed by atoms with E-state index in [9.17, 15) is 14.7 Å². The fourth-order valence-corrected chi connectivity index (χ4v) is 5.39. The van der Waals surface area contributed by atoms with E-state index in [2.05, 4.69) is 21.1 Å². The van der Waals surface area contributed by atoms with Crippen LogP contribution in [0.5, 0.6) is 5.75 Å². The Labute approximate surface area is 232 Å². The summed E-state index contributed by atoms with van der Waals surface area (Å²) in [4.78, 5) is 29.1. The largest absolute Gasteiger partial charge is 0.492 e. The third kappa shape index (κ3) is 6.69. The minimum Gasteiger partial charge on any atom is -0.492 e. The zero-order valence-corrected chi connectivity index (χ0v) is 23.3. The number of hydrogen-bond donors (Lipinski definition) is 1. The van der Waals surface area contributed by atoms with Gasteiger partial charge in [0.05, 0.1) is 16.8 Å². The van der Waals surface area contributed by atoms with Crippen molar-refractivity contribution >= 4 is 49.2 Å². The molecule has 0 aliphatic heterocycles. The van der Waals surface area contributed by atoms with E-state index in [1.807, 2.05) is 54.6 Å². The quantitative estimate of drug-likeness (QED) is 0.175. The van der Waals surface area contributed by atoms with Gasteiger partial charge in [0.15, 0.2) is 6.10 Å². The number of carboxylic acid groups (broad SMARTS) is 1. The summed E-state index contributed by atoms with van der Waals surface area (Å²) in [6.45, 7) is 2.79. The number of thiazole rings is 1. The van der Waals surface area contributed by atoms with E-state index in [-0.39, 0.29) is 11.3 Å². The number of aliphatic carboxylic acids is 1. The van der Waals surface area contributed by atoms with Gasteiger partial charge in [-0.15, -0.1) is 0 Å². The highest BCUT2D eigenvalue weighted by Crippen LogP contribution is 2.23. The lowest BCUT2D eigenvalue weighted by atomic mass is 10.0. The molecular weight excluding hydrogens is 572 g/mol. The number of carboxylic acids is 1. The lowest BCUT2D eigenvalue weighted by molar-refractivity contribution is -0.149. The van der Waals surface area contributed by atoms with Crippen LogP contribution in [0.25, 0.3) is 10.2 Å². The van der Waals surface area contributed by atoms with Crippen LogP contribution in [-0.2, 0) is 27.3 Å². The van der Waals surface area contributed by atoms with Crippen molar-refractivity contribution in [2.45, 2.75) is 26.0 Å². The highest BCUT2D eigenvalue weighted by atomic mass is 79.9. The number of aromatic nitrogens is 1. The van der Waals surface area contributed by atoms with Crippen LogP contribution < -0.4 is 9.61 Å². The summed E-state index contributed by atoms with van der Waals surface area (Å²) in [5.74, 6) is -0.343. The van der Waals surface area contributed by atoms with Crippen molar-refractivity contribution in [2.75, 3.05) is 20.3 Å². The maximum atomic E-state index is 12.8. The van der Waals surface area contributed by atoms with Gasteiger partial charge in [-0.1, -0.05) is 62.8 Å². The zero-order chi connectivity index (χ0) is 27.1. The molecule has 0 radical (unpaired) electrons. The van der Waals surface area contributed by atoms with Crippen molar-refractivity contribution in [3.05, 3.63) is 97.6 Å². The van der Waals surface area contributed by atoms with Crippen LogP contribution >= 0.6 is 27.3 Å². The van der Waals surface area contributed by atoms with E-state index in [0.29, 0.717) is 31.2 Å². The van der Waals surface area contributed by atoms with Gasteiger partial charge in [-0.25, -0.2) is 4.79 Å². The lowest BCUT2D eigenvalue weighted by Crippen LogP contribution is -2.26. The van der Waals surface area contributed by atoms with Crippen molar-refractivity contribution in [3.8, 4) is 5.75 Å².